The number of hydrogen-bond donors (Lipinski definition) is 1. The van der Waals surface area contributed by atoms with E-state index in [1.807, 2.05) is 30.5 Å². The van der Waals surface area contributed by atoms with Crippen LogP contribution in [-0.4, -0.2) is 36.0 Å². The third-order valence-corrected chi connectivity index (χ3v) is 4.19. The third-order valence-electron chi connectivity index (χ3n) is 3.42. The average Bonchev–Trinajstić information content (AvgIpc) is 2.57. The molecule has 4 nitrogen and oxygen atoms in total. The van der Waals surface area contributed by atoms with E-state index in [0.29, 0.717) is 0 Å². The molecule has 1 aromatic heterocycles. The van der Waals surface area contributed by atoms with Crippen molar-refractivity contribution in [3.8, 4) is 0 Å². The average molecular weight is 375 g/mol. The van der Waals surface area contributed by atoms with E-state index in [4.69, 9.17) is 4.99 Å². The van der Waals surface area contributed by atoms with E-state index in [2.05, 4.69) is 63.3 Å². The normalized spacial score (nSPS) is 11.3. The Labute approximate surface area is 146 Å². The predicted molar refractivity (Wildman–Crippen MR) is 99.5 cm³/mol. The molecule has 2 aromatic rings. The summed E-state index contributed by atoms with van der Waals surface area (Å²) in [4.78, 5) is 11.2. The molecule has 1 aromatic carbocycles. The van der Waals surface area contributed by atoms with E-state index < -0.39 is 0 Å². The Balaban J connectivity index is 1.98. The number of guanidine groups is 1. The number of pyridine rings is 1. The second-order valence-electron chi connectivity index (χ2n) is 5.25. The molecule has 0 saturated carbocycles. The number of benzene rings is 1. The molecule has 1 heterocycles. The van der Waals surface area contributed by atoms with Crippen LogP contribution in [-0.2, 0) is 13.0 Å². The second-order valence-corrected chi connectivity index (χ2v) is 6.11. The highest BCUT2D eigenvalue weighted by Gasteiger charge is 2.08. The number of halogens is 1. The zero-order valence-corrected chi connectivity index (χ0v) is 15.3. The molecular weight excluding hydrogens is 352 g/mol. The van der Waals surface area contributed by atoms with Crippen LogP contribution < -0.4 is 5.32 Å². The van der Waals surface area contributed by atoms with Crippen LogP contribution in [0.2, 0.25) is 0 Å². The van der Waals surface area contributed by atoms with Gasteiger partial charge in [0.2, 0.25) is 0 Å². The Kier molecular flexibility index (Phi) is 7.07. The first-order valence-electron chi connectivity index (χ1n) is 7.83. The fourth-order valence-electron chi connectivity index (χ4n) is 2.25. The van der Waals surface area contributed by atoms with Crippen LogP contribution in [0.4, 0.5) is 0 Å². The number of nitrogens with zero attached hydrogens (tertiary/aromatic N) is 3. The molecule has 0 fully saturated rings. The highest BCUT2D eigenvalue weighted by Crippen LogP contribution is 2.17. The molecule has 0 radical (unpaired) electrons. The van der Waals surface area contributed by atoms with Gasteiger partial charge in [0, 0.05) is 49.5 Å². The first-order chi connectivity index (χ1) is 11.2. The van der Waals surface area contributed by atoms with E-state index in [9.17, 15) is 0 Å². The van der Waals surface area contributed by atoms with Crippen molar-refractivity contribution in [1.29, 1.82) is 0 Å². The SMILES string of the molecule is CCNC(=NCCc1ccccn1)N(C)Cc1ccccc1Br. The summed E-state index contributed by atoms with van der Waals surface area (Å²) in [5.74, 6) is 0.916. The van der Waals surface area contributed by atoms with E-state index in [1.165, 1.54) is 5.56 Å². The van der Waals surface area contributed by atoms with Gasteiger partial charge in [0.1, 0.15) is 0 Å². The number of aliphatic imine (C=N–C) groups is 1. The van der Waals surface area contributed by atoms with Crippen LogP contribution in [0.25, 0.3) is 0 Å². The maximum Gasteiger partial charge on any atom is 0.193 e. The van der Waals surface area contributed by atoms with Gasteiger partial charge in [-0.3, -0.25) is 9.98 Å². The van der Waals surface area contributed by atoms with Crippen molar-refractivity contribution in [1.82, 2.24) is 15.2 Å². The lowest BCUT2D eigenvalue weighted by atomic mass is 10.2. The zero-order chi connectivity index (χ0) is 16.5. The summed E-state index contributed by atoms with van der Waals surface area (Å²) in [6.07, 6.45) is 2.67. The Hall–Kier alpha value is -1.88. The van der Waals surface area contributed by atoms with Gasteiger partial charge in [-0.25, -0.2) is 0 Å². The topological polar surface area (TPSA) is 40.5 Å². The molecule has 1 N–H and O–H groups in total. The molecular formula is C18H23BrN4. The lowest BCUT2D eigenvalue weighted by Gasteiger charge is -2.22. The van der Waals surface area contributed by atoms with Crippen LogP contribution in [0.5, 0.6) is 0 Å². The molecule has 0 aliphatic rings. The minimum Gasteiger partial charge on any atom is -0.357 e. The van der Waals surface area contributed by atoms with Crippen LogP contribution in [0.1, 0.15) is 18.2 Å². The smallest absolute Gasteiger partial charge is 0.193 e. The van der Waals surface area contributed by atoms with Gasteiger partial charge >= 0.3 is 0 Å². The van der Waals surface area contributed by atoms with E-state index in [0.717, 1.165) is 42.2 Å². The first kappa shape index (κ1) is 17.5. The number of rotatable bonds is 6. The van der Waals surface area contributed by atoms with E-state index in [-0.39, 0.29) is 0 Å². The molecule has 0 atom stereocenters. The maximum absolute atomic E-state index is 4.71. The number of aromatic nitrogens is 1. The van der Waals surface area contributed by atoms with Crippen LogP contribution in [0, 0.1) is 0 Å². The van der Waals surface area contributed by atoms with Gasteiger partial charge < -0.3 is 10.2 Å². The van der Waals surface area contributed by atoms with Gasteiger partial charge in [-0.05, 0) is 30.7 Å². The fraction of sp³-hybridized carbons (Fsp3) is 0.333. The van der Waals surface area contributed by atoms with Crippen molar-refractivity contribution in [2.24, 2.45) is 4.99 Å². The van der Waals surface area contributed by atoms with Gasteiger partial charge in [0.25, 0.3) is 0 Å². The van der Waals surface area contributed by atoms with Crippen molar-refractivity contribution >= 4 is 21.9 Å². The molecule has 0 aliphatic heterocycles. The van der Waals surface area contributed by atoms with Crippen molar-refractivity contribution in [2.75, 3.05) is 20.1 Å². The van der Waals surface area contributed by atoms with Crippen molar-refractivity contribution in [2.45, 2.75) is 19.9 Å². The summed E-state index contributed by atoms with van der Waals surface area (Å²) in [6, 6.07) is 14.2. The van der Waals surface area contributed by atoms with Gasteiger partial charge in [-0.2, -0.15) is 0 Å². The Bertz CT molecular complexity index is 628. The van der Waals surface area contributed by atoms with E-state index in [1.54, 1.807) is 0 Å². The third kappa shape index (κ3) is 5.67. The molecule has 5 heteroatoms. The Morgan fingerprint density at radius 2 is 2.00 bits per heavy atom. The number of hydrogen-bond acceptors (Lipinski definition) is 2. The molecule has 23 heavy (non-hydrogen) atoms. The minimum absolute atomic E-state index is 0.722. The highest BCUT2D eigenvalue weighted by atomic mass is 79.9. The quantitative estimate of drug-likeness (QED) is 0.621. The monoisotopic (exact) mass is 374 g/mol. The largest absolute Gasteiger partial charge is 0.357 e. The molecule has 2 rings (SSSR count). The molecule has 0 amide bonds. The van der Waals surface area contributed by atoms with Crippen LogP contribution >= 0.6 is 15.9 Å². The first-order valence-corrected chi connectivity index (χ1v) is 8.62. The molecule has 0 aliphatic carbocycles. The van der Waals surface area contributed by atoms with Crippen LogP contribution in [0.3, 0.4) is 0 Å². The summed E-state index contributed by atoms with van der Waals surface area (Å²) >= 11 is 3.60. The predicted octanol–water partition coefficient (Wildman–Crippen LogP) is 3.48. The molecule has 0 bridgehead atoms. The molecule has 0 spiro atoms. The fourth-order valence-corrected chi connectivity index (χ4v) is 2.66. The van der Waals surface area contributed by atoms with Crippen molar-refractivity contribution < 1.29 is 0 Å². The maximum atomic E-state index is 4.71. The van der Waals surface area contributed by atoms with Crippen molar-refractivity contribution in [3.63, 3.8) is 0 Å². The lowest BCUT2D eigenvalue weighted by Crippen LogP contribution is -2.38. The molecule has 122 valence electrons. The Morgan fingerprint density at radius 3 is 2.70 bits per heavy atom. The van der Waals surface area contributed by atoms with E-state index >= 15 is 0 Å². The summed E-state index contributed by atoms with van der Waals surface area (Å²) in [5, 5.41) is 3.35. The lowest BCUT2D eigenvalue weighted by molar-refractivity contribution is 0.476. The zero-order valence-electron chi connectivity index (χ0n) is 13.7. The molecule has 0 saturated heterocycles. The van der Waals surface area contributed by atoms with Gasteiger partial charge in [-0.1, -0.05) is 40.2 Å². The van der Waals surface area contributed by atoms with Gasteiger partial charge in [-0.15, -0.1) is 0 Å². The Morgan fingerprint density at radius 1 is 1.22 bits per heavy atom. The summed E-state index contributed by atoms with van der Waals surface area (Å²) in [7, 11) is 2.06. The summed E-state index contributed by atoms with van der Waals surface area (Å²) in [6.45, 7) is 4.46. The summed E-state index contributed by atoms with van der Waals surface area (Å²) in [5.41, 5.74) is 2.31. The van der Waals surface area contributed by atoms with Crippen LogP contribution in [0.15, 0.2) is 58.1 Å². The minimum atomic E-state index is 0.722. The highest BCUT2D eigenvalue weighted by molar-refractivity contribution is 9.10. The number of nitrogens with one attached hydrogen (secondary N) is 1. The molecule has 0 unspecified atom stereocenters. The summed E-state index contributed by atoms with van der Waals surface area (Å²) < 4.78 is 1.12. The second kappa shape index (κ2) is 9.30. The van der Waals surface area contributed by atoms with Crippen molar-refractivity contribution in [3.05, 3.63) is 64.4 Å². The van der Waals surface area contributed by atoms with Gasteiger partial charge in [0.15, 0.2) is 5.96 Å². The van der Waals surface area contributed by atoms with Gasteiger partial charge in [0.05, 0.1) is 0 Å². The standard InChI is InChI=1S/C18H23BrN4/c1-3-20-18(22-13-11-16-9-6-7-12-21-16)23(2)14-15-8-4-5-10-17(15)19/h4-10,12H,3,11,13-14H2,1-2H3,(H,20,22).